The minimum Gasteiger partial charge on any atom is -0.330 e. The van der Waals surface area contributed by atoms with Gasteiger partial charge in [0.25, 0.3) is 0 Å². The van der Waals surface area contributed by atoms with Gasteiger partial charge in [-0.05, 0) is 37.8 Å². The van der Waals surface area contributed by atoms with E-state index in [0.29, 0.717) is 5.92 Å². The summed E-state index contributed by atoms with van der Waals surface area (Å²) in [5.41, 5.74) is 5.63. The summed E-state index contributed by atoms with van der Waals surface area (Å²) in [5, 5.41) is 0. The third-order valence-corrected chi connectivity index (χ3v) is 3.15. The topological polar surface area (TPSA) is 29.3 Å². The first kappa shape index (κ1) is 11.0. The van der Waals surface area contributed by atoms with Gasteiger partial charge in [-0.2, -0.15) is 0 Å². The molecule has 0 aromatic carbocycles. The molecule has 2 heteroatoms. The van der Waals surface area contributed by atoms with Gasteiger partial charge in [0, 0.05) is 13.1 Å². The predicted octanol–water partition coefficient (Wildman–Crippen LogP) is 1.70. The fraction of sp³-hybridized carbons (Fsp3) is 1.00. The maximum atomic E-state index is 5.63. The van der Waals surface area contributed by atoms with Gasteiger partial charge in [0.05, 0.1) is 0 Å². The van der Waals surface area contributed by atoms with Crippen molar-refractivity contribution >= 4 is 0 Å². The van der Waals surface area contributed by atoms with Crippen molar-refractivity contribution in [2.24, 2.45) is 17.6 Å². The number of hydrogen-bond acceptors (Lipinski definition) is 2. The van der Waals surface area contributed by atoms with Crippen LogP contribution in [0.5, 0.6) is 0 Å². The molecule has 1 aliphatic rings. The number of nitrogens with zero attached hydrogens (tertiary/aromatic N) is 1. The van der Waals surface area contributed by atoms with Gasteiger partial charge in [-0.3, -0.25) is 0 Å². The van der Waals surface area contributed by atoms with E-state index in [1.807, 2.05) is 0 Å². The average molecular weight is 184 g/mol. The summed E-state index contributed by atoms with van der Waals surface area (Å²) in [6.07, 6.45) is 4.16. The number of nitrogens with two attached hydrogens (primary N) is 1. The minimum absolute atomic E-state index is 0.663. The lowest BCUT2D eigenvalue weighted by Gasteiger charge is -2.33. The molecule has 2 N–H and O–H groups in total. The molecule has 2 atom stereocenters. The van der Waals surface area contributed by atoms with Gasteiger partial charge in [-0.15, -0.1) is 0 Å². The van der Waals surface area contributed by atoms with E-state index in [4.69, 9.17) is 5.73 Å². The third-order valence-electron chi connectivity index (χ3n) is 3.15. The normalized spacial score (nSPS) is 27.5. The zero-order chi connectivity index (χ0) is 9.68. The molecule has 0 aliphatic carbocycles. The van der Waals surface area contributed by atoms with Crippen LogP contribution < -0.4 is 5.73 Å². The molecule has 2 nitrogen and oxygen atoms in total. The molecule has 1 saturated heterocycles. The van der Waals surface area contributed by atoms with Crippen molar-refractivity contribution in [3.8, 4) is 0 Å². The van der Waals surface area contributed by atoms with E-state index in [2.05, 4.69) is 18.7 Å². The highest BCUT2D eigenvalue weighted by atomic mass is 15.1. The van der Waals surface area contributed by atoms with E-state index in [9.17, 15) is 0 Å². The van der Waals surface area contributed by atoms with Crippen LogP contribution in [-0.4, -0.2) is 31.1 Å². The lowest BCUT2D eigenvalue weighted by Crippen LogP contribution is -2.39. The highest BCUT2D eigenvalue weighted by Crippen LogP contribution is 2.19. The van der Waals surface area contributed by atoms with E-state index in [1.54, 1.807) is 0 Å². The molecule has 1 rings (SSSR count). The average Bonchev–Trinajstić information content (AvgIpc) is 2.18. The summed E-state index contributed by atoms with van der Waals surface area (Å²) in [6.45, 7) is 9.18. The Morgan fingerprint density at radius 2 is 2.31 bits per heavy atom. The molecule has 0 amide bonds. The van der Waals surface area contributed by atoms with Crippen LogP contribution in [-0.2, 0) is 0 Å². The molecule has 0 spiro atoms. The van der Waals surface area contributed by atoms with Crippen LogP contribution in [0.15, 0.2) is 0 Å². The standard InChI is InChI=1S/C11H24N2/c1-3-11-5-4-6-13(9-11)8-10(2)7-12/h10-11H,3-9,12H2,1-2H3. The molecule has 1 heterocycles. The summed E-state index contributed by atoms with van der Waals surface area (Å²) in [4.78, 5) is 2.59. The Hall–Kier alpha value is -0.0800. The molecule has 0 aromatic rings. The molecule has 0 radical (unpaired) electrons. The van der Waals surface area contributed by atoms with E-state index >= 15 is 0 Å². The van der Waals surface area contributed by atoms with Gasteiger partial charge in [0.1, 0.15) is 0 Å². The van der Waals surface area contributed by atoms with Gasteiger partial charge >= 0.3 is 0 Å². The van der Waals surface area contributed by atoms with Gasteiger partial charge in [0.15, 0.2) is 0 Å². The zero-order valence-electron chi connectivity index (χ0n) is 9.13. The number of hydrogen-bond donors (Lipinski definition) is 1. The van der Waals surface area contributed by atoms with E-state index < -0.39 is 0 Å². The Balaban J connectivity index is 2.25. The van der Waals surface area contributed by atoms with Crippen molar-refractivity contribution in [3.05, 3.63) is 0 Å². The lowest BCUT2D eigenvalue weighted by molar-refractivity contribution is 0.154. The minimum atomic E-state index is 0.663. The van der Waals surface area contributed by atoms with Crippen molar-refractivity contribution in [2.45, 2.75) is 33.1 Å². The van der Waals surface area contributed by atoms with Crippen LogP contribution >= 0.6 is 0 Å². The molecular formula is C11H24N2. The van der Waals surface area contributed by atoms with Gasteiger partial charge in [-0.25, -0.2) is 0 Å². The monoisotopic (exact) mass is 184 g/mol. The van der Waals surface area contributed by atoms with E-state index in [-0.39, 0.29) is 0 Å². The van der Waals surface area contributed by atoms with Gasteiger partial charge in [-0.1, -0.05) is 20.3 Å². The second-order valence-electron chi connectivity index (χ2n) is 4.52. The molecule has 1 fully saturated rings. The first-order chi connectivity index (χ1) is 6.26. The Kier molecular flexibility index (Phi) is 4.74. The molecule has 0 bridgehead atoms. The first-order valence-corrected chi connectivity index (χ1v) is 5.68. The SMILES string of the molecule is CCC1CCCN(CC(C)CN)C1. The Morgan fingerprint density at radius 3 is 2.92 bits per heavy atom. The van der Waals surface area contributed by atoms with Crippen molar-refractivity contribution < 1.29 is 0 Å². The summed E-state index contributed by atoms with van der Waals surface area (Å²) >= 11 is 0. The molecule has 2 unspecified atom stereocenters. The Labute approximate surface area is 82.5 Å². The number of piperidine rings is 1. The van der Waals surface area contributed by atoms with Crippen LogP contribution in [0.4, 0.5) is 0 Å². The van der Waals surface area contributed by atoms with Crippen molar-refractivity contribution in [3.63, 3.8) is 0 Å². The number of likely N-dealkylation sites (tertiary alicyclic amines) is 1. The fourth-order valence-corrected chi connectivity index (χ4v) is 2.17. The van der Waals surface area contributed by atoms with Crippen molar-refractivity contribution in [1.82, 2.24) is 4.90 Å². The Bertz CT molecular complexity index is 134. The molecule has 1 aliphatic heterocycles. The predicted molar refractivity (Wildman–Crippen MR) is 57.7 cm³/mol. The van der Waals surface area contributed by atoms with Crippen LogP contribution in [0.2, 0.25) is 0 Å². The maximum Gasteiger partial charge on any atom is 0.00192 e. The van der Waals surface area contributed by atoms with Crippen LogP contribution in [0.3, 0.4) is 0 Å². The lowest BCUT2D eigenvalue weighted by atomic mass is 9.95. The van der Waals surface area contributed by atoms with E-state index in [1.165, 1.54) is 38.9 Å². The zero-order valence-corrected chi connectivity index (χ0v) is 9.13. The van der Waals surface area contributed by atoms with Crippen LogP contribution in [0.1, 0.15) is 33.1 Å². The number of rotatable bonds is 4. The molecule has 13 heavy (non-hydrogen) atoms. The maximum absolute atomic E-state index is 5.63. The first-order valence-electron chi connectivity index (χ1n) is 5.68. The van der Waals surface area contributed by atoms with Gasteiger partial charge in [0.2, 0.25) is 0 Å². The van der Waals surface area contributed by atoms with E-state index in [0.717, 1.165) is 12.5 Å². The highest BCUT2D eigenvalue weighted by Gasteiger charge is 2.19. The van der Waals surface area contributed by atoms with Crippen LogP contribution in [0.25, 0.3) is 0 Å². The fourth-order valence-electron chi connectivity index (χ4n) is 2.17. The third kappa shape index (κ3) is 3.65. The molecule has 0 saturated carbocycles. The van der Waals surface area contributed by atoms with Gasteiger partial charge < -0.3 is 10.6 Å². The largest absolute Gasteiger partial charge is 0.330 e. The highest BCUT2D eigenvalue weighted by molar-refractivity contribution is 4.73. The second kappa shape index (κ2) is 5.61. The van der Waals surface area contributed by atoms with Crippen molar-refractivity contribution in [1.29, 1.82) is 0 Å². The smallest absolute Gasteiger partial charge is 0.00192 e. The van der Waals surface area contributed by atoms with Crippen LogP contribution in [0, 0.1) is 11.8 Å². The quantitative estimate of drug-likeness (QED) is 0.720. The summed E-state index contributed by atoms with van der Waals surface area (Å²) in [5.74, 6) is 1.61. The molecular weight excluding hydrogens is 160 g/mol. The molecule has 0 aromatic heterocycles. The summed E-state index contributed by atoms with van der Waals surface area (Å²) in [7, 11) is 0. The Morgan fingerprint density at radius 1 is 1.54 bits per heavy atom. The molecule has 78 valence electrons. The van der Waals surface area contributed by atoms with Crippen molar-refractivity contribution in [2.75, 3.05) is 26.2 Å². The second-order valence-corrected chi connectivity index (χ2v) is 4.52. The summed E-state index contributed by atoms with van der Waals surface area (Å²) < 4.78 is 0. The summed E-state index contributed by atoms with van der Waals surface area (Å²) in [6, 6.07) is 0.